The SMILES string of the molecule is Cn1nc(NC(=O)C[C@@H]2CC(F)(F)C2(F)F)c(C2CCC2)c1-c1ccc(Cl)s1. The highest BCUT2D eigenvalue weighted by Crippen LogP contribution is 2.56. The van der Waals surface area contributed by atoms with Gasteiger partial charge in [0.05, 0.1) is 14.9 Å². The summed E-state index contributed by atoms with van der Waals surface area (Å²) in [5.74, 6) is -10.1. The molecule has 28 heavy (non-hydrogen) atoms. The molecule has 4 rings (SSSR count). The summed E-state index contributed by atoms with van der Waals surface area (Å²) in [6.07, 6.45) is 1.29. The van der Waals surface area contributed by atoms with Crippen LogP contribution >= 0.6 is 22.9 Å². The van der Waals surface area contributed by atoms with Crippen LogP contribution in [0.3, 0.4) is 0 Å². The molecule has 0 aliphatic heterocycles. The third kappa shape index (κ3) is 3.12. The van der Waals surface area contributed by atoms with E-state index in [0.717, 1.165) is 35.4 Å². The number of amides is 1. The first-order valence-electron chi connectivity index (χ1n) is 8.98. The lowest BCUT2D eigenvalue weighted by molar-refractivity contribution is -0.313. The van der Waals surface area contributed by atoms with Crippen LogP contribution in [0.1, 0.15) is 43.6 Å². The van der Waals surface area contributed by atoms with Gasteiger partial charge in [0.25, 0.3) is 0 Å². The number of carbonyl (C=O) groups excluding carboxylic acids is 1. The molecule has 2 aromatic heterocycles. The molecule has 2 saturated carbocycles. The molecule has 2 heterocycles. The van der Waals surface area contributed by atoms with Gasteiger partial charge in [0, 0.05) is 31.4 Å². The van der Waals surface area contributed by atoms with Gasteiger partial charge < -0.3 is 5.32 Å². The molecule has 2 aliphatic carbocycles. The Morgan fingerprint density at radius 1 is 1.36 bits per heavy atom. The second kappa shape index (κ2) is 6.73. The molecule has 0 radical (unpaired) electrons. The van der Waals surface area contributed by atoms with Crippen molar-refractivity contribution in [2.45, 2.75) is 49.9 Å². The van der Waals surface area contributed by atoms with Crippen LogP contribution < -0.4 is 5.32 Å². The van der Waals surface area contributed by atoms with Crippen molar-refractivity contribution < 1.29 is 22.4 Å². The molecular weight excluding hydrogens is 418 g/mol. The second-order valence-corrected chi connectivity index (χ2v) is 9.16. The van der Waals surface area contributed by atoms with Crippen molar-refractivity contribution in [2.24, 2.45) is 13.0 Å². The Balaban J connectivity index is 1.57. The minimum atomic E-state index is -4.15. The minimum absolute atomic E-state index is 0.203. The number of nitrogens with one attached hydrogen (secondary N) is 1. The molecule has 1 N–H and O–H groups in total. The molecule has 2 fully saturated rings. The van der Waals surface area contributed by atoms with E-state index in [9.17, 15) is 22.4 Å². The van der Waals surface area contributed by atoms with Crippen molar-refractivity contribution in [3.63, 3.8) is 0 Å². The molecule has 0 unspecified atom stereocenters. The number of carbonyl (C=O) groups is 1. The average Bonchev–Trinajstić information content (AvgIpc) is 3.09. The van der Waals surface area contributed by atoms with E-state index in [-0.39, 0.29) is 5.92 Å². The smallest absolute Gasteiger partial charge is 0.309 e. The molecule has 0 spiro atoms. The summed E-state index contributed by atoms with van der Waals surface area (Å²) in [6, 6.07) is 3.64. The third-order valence-corrected chi connectivity index (χ3v) is 6.83. The van der Waals surface area contributed by atoms with Crippen LogP contribution in [0.25, 0.3) is 10.6 Å². The lowest BCUT2D eigenvalue weighted by atomic mass is 9.74. The van der Waals surface area contributed by atoms with Crippen LogP contribution in [-0.2, 0) is 11.8 Å². The van der Waals surface area contributed by atoms with Crippen molar-refractivity contribution in [1.29, 1.82) is 0 Å². The standard InChI is InChI=1S/C18H18ClF4N3OS/c1-26-15(11-5-6-12(19)28-11)14(9-3-2-4-9)16(25-26)24-13(27)7-10-8-17(20,21)18(10,22)23/h5-6,9-10H,2-4,7-8H2,1H3,(H,24,25,27)/t10-/m1/s1. The monoisotopic (exact) mass is 435 g/mol. The van der Waals surface area contributed by atoms with E-state index in [0.29, 0.717) is 10.2 Å². The fourth-order valence-electron chi connectivity index (χ4n) is 3.80. The largest absolute Gasteiger partial charge is 0.313 e. The molecule has 0 bridgehead atoms. The maximum atomic E-state index is 13.5. The number of rotatable bonds is 5. The number of nitrogens with zero attached hydrogens (tertiary/aromatic N) is 2. The van der Waals surface area contributed by atoms with Crippen LogP contribution in [0.4, 0.5) is 23.4 Å². The molecule has 2 aromatic rings. The van der Waals surface area contributed by atoms with Crippen LogP contribution in [0, 0.1) is 5.92 Å². The molecule has 10 heteroatoms. The van der Waals surface area contributed by atoms with E-state index < -0.39 is 36.5 Å². The van der Waals surface area contributed by atoms with Crippen LogP contribution in [0.2, 0.25) is 4.34 Å². The first kappa shape index (κ1) is 19.7. The lowest BCUT2D eigenvalue weighted by Crippen LogP contribution is -2.59. The first-order valence-corrected chi connectivity index (χ1v) is 10.2. The van der Waals surface area contributed by atoms with Gasteiger partial charge in [-0.15, -0.1) is 11.3 Å². The van der Waals surface area contributed by atoms with Gasteiger partial charge in [0.15, 0.2) is 5.82 Å². The number of aryl methyl sites for hydroxylation is 1. The fraction of sp³-hybridized carbons (Fsp3) is 0.556. The normalized spacial score (nSPS) is 23.1. The summed E-state index contributed by atoms with van der Waals surface area (Å²) in [5.41, 5.74) is 1.68. The van der Waals surface area contributed by atoms with Gasteiger partial charge in [-0.25, -0.2) is 0 Å². The Morgan fingerprint density at radius 3 is 2.57 bits per heavy atom. The Bertz CT molecular complexity index is 922. The maximum Gasteiger partial charge on any atom is 0.313 e. The van der Waals surface area contributed by atoms with Gasteiger partial charge in [-0.05, 0) is 30.9 Å². The zero-order valence-corrected chi connectivity index (χ0v) is 16.5. The number of aromatic nitrogens is 2. The van der Waals surface area contributed by atoms with E-state index in [1.807, 2.05) is 6.07 Å². The highest BCUT2D eigenvalue weighted by molar-refractivity contribution is 7.19. The quantitative estimate of drug-likeness (QED) is 0.613. The molecular formula is C18H18ClF4N3OS. The van der Waals surface area contributed by atoms with E-state index in [1.165, 1.54) is 11.3 Å². The van der Waals surface area contributed by atoms with Crippen LogP contribution in [0.15, 0.2) is 12.1 Å². The topological polar surface area (TPSA) is 46.9 Å². The van der Waals surface area contributed by atoms with Crippen molar-refractivity contribution in [3.05, 3.63) is 22.0 Å². The Labute approximate surface area is 167 Å². The zero-order chi connectivity index (χ0) is 20.3. The van der Waals surface area contributed by atoms with Gasteiger partial charge in [0.2, 0.25) is 5.91 Å². The number of halogens is 5. The highest BCUT2D eigenvalue weighted by Gasteiger charge is 2.71. The maximum absolute atomic E-state index is 13.5. The molecule has 0 aromatic carbocycles. The van der Waals surface area contributed by atoms with Gasteiger partial charge in [-0.1, -0.05) is 18.0 Å². The minimum Gasteiger partial charge on any atom is -0.309 e. The fourth-order valence-corrected chi connectivity index (χ4v) is 4.93. The zero-order valence-electron chi connectivity index (χ0n) is 14.9. The summed E-state index contributed by atoms with van der Waals surface area (Å²) < 4.78 is 55.2. The molecule has 152 valence electrons. The second-order valence-electron chi connectivity index (χ2n) is 7.45. The number of anilines is 1. The van der Waals surface area contributed by atoms with Crippen LogP contribution in [-0.4, -0.2) is 27.5 Å². The summed E-state index contributed by atoms with van der Waals surface area (Å²) >= 11 is 7.44. The Hall–Kier alpha value is -1.61. The van der Waals surface area contributed by atoms with Crippen molar-refractivity contribution in [1.82, 2.24) is 9.78 Å². The summed E-state index contributed by atoms with van der Waals surface area (Å²) in [5, 5.41) is 6.95. The highest BCUT2D eigenvalue weighted by atomic mass is 35.5. The predicted octanol–water partition coefficient (Wildman–Crippen LogP) is 5.69. The van der Waals surface area contributed by atoms with Gasteiger partial charge in [-0.3, -0.25) is 9.48 Å². The Morgan fingerprint density at radius 2 is 2.07 bits per heavy atom. The van der Waals surface area contributed by atoms with Crippen molar-refractivity contribution in [3.8, 4) is 10.6 Å². The van der Waals surface area contributed by atoms with Gasteiger partial charge in [-0.2, -0.15) is 22.7 Å². The van der Waals surface area contributed by atoms with E-state index in [1.54, 1.807) is 17.8 Å². The van der Waals surface area contributed by atoms with Crippen LogP contribution in [0.5, 0.6) is 0 Å². The summed E-state index contributed by atoms with van der Waals surface area (Å²) in [4.78, 5) is 13.2. The van der Waals surface area contributed by atoms with E-state index in [4.69, 9.17) is 11.6 Å². The van der Waals surface area contributed by atoms with Crippen molar-refractivity contribution >= 4 is 34.7 Å². The first-order chi connectivity index (χ1) is 13.1. The average molecular weight is 436 g/mol. The molecule has 4 nitrogen and oxygen atoms in total. The predicted molar refractivity (Wildman–Crippen MR) is 99.4 cm³/mol. The lowest BCUT2D eigenvalue weighted by Gasteiger charge is -2.43. The van der Waals surface area contributed by atoms with Gasteiger partial charge >= 0.3 is 11.8 Å². The molecule has 0 saturated heterocycles. The number of alkyl halides is 4. The third-order valence-electron chi connectivity index (χ3n) is 5.60. The molecule has 1 amide bonds. The van der Waals surface area contributed by atoms with Gasteiger partial charge in [0.1, 0.15) is 0 Å². The molecule has 2 aliphatic rings. The summed E-state index contributed by atoms with van der Waals surface area (Å²) in [7, 11) is 1.74. The molecule has 1 atom stereocenters. The van der Waals surface area contributed by atoms with Crippen molar-refractivity contribution in [2.75, 3.05) is 5.32 Å². The van der Waals surface area contributed by atoms with E-state index >= 15 is 0 Å². The number of hydrogen-bond acceptors (Lipinski definition) is 3. The Kier molecular flexibility index (Phi) is 4.73. The number of thiophene rings is 1. The van der Waals surface area contributed by atoms with E-state index in [2.05, 4.69) is 10.4 Å². The number of hydrogen-bond donors (Lipinski definition) is 1. The summed E-state index contributed by atoms with van der Waals surface area (Å²) in [6.45, 7) is 0.